The zero-order chi connectivity index (χ0) is 14.6. The summed E-state index contributed by atoms with van der Waals surface area (Å²) in [5.41, 5.74) is -0.861. The maximum absolute atomic E-state index is 11.3. The largest absolute Gasteiger partial charge is 0.336 e. The van der Waals surface area contributed by atoms with Crippen molar-refractivity contribution in [2.45, 2.75) is 31.7 Å². The molecule has 0 fully saturated rings. The first kappa shape index (κ1) is 17.1. The summed E-state index contributed by atoms with van der Waals surface area (Å²) in [6, 6.07) is -0.726. The van der Waals surface area contributed by atoms with Gasteiger partial charge < -0.3 is 5.32 Å². The quantitative estimate of drug-likeness (QED) is 0.610. The van der Waals surface area contributed by atoms with Gasteiger partial charge >= 0.3 is 6.03 Å². The fourth-order valence-electron chi connectivity index (χ4n) is 1.09. The number of carbonyl (C=O) groups is 2. The molecule has 0 aliphatic carbocycles. The molecular formula is C9H18ClN3O4S. The fraction of sp³-hybridized carbons (Fsp3) is 0.778. The molecule has 7 nitrogen and oxygen atoms in total. The molecule has 0 aromatic rings. The summed E-state index contributed by atoms with van der Waals surface area (Å²) in [7, 11) is -3.38. The molecule has 18 heavy (non-hydrogen) atoms. The van der Waals surface area contributed by atoms with Crippen LogP contribution in [0.15, 0.2) is 0 Å². The summed E-state index contributed by atoms with van der Waals surface area (Å²) in [6.07, 6.45) is 1.02. The molecule has 3 N–H and O–H groups in total. The molecule has 106 valence electrons. The van der Waals surface area contributed by atoms with Gasteiger partial charge in [0, 0.05) is 12.1 Å². The molecule has 0 radical (unpaired) electrons. The lowest BCUT2D eigenvalue weighted by Gasteiger charge is -2.25. The number of alkyl halides is 1. The summed E-state index contributed by atoms with van der Waals surface area (Å²) < 4.78 is 24.4. The topological polar surface area (TPSA) is 104 Å². The fourth-order valence-corrected chi connectivity index (χ4v) is 2.23. The second-order valence-corrected chi connectivity index (χ2v) is 6.95. The first-order valence-corrected chi connectivity index (χ1v) is 7.47. The molecular weight excluding hydrogens is 282 g/mol. The minimum absolute atomic E-state index is 0.0237. The summed E-state index contributed by atoms with van der Waals surface area (Å²) in [6.45, 7) is 4.65. The van der Waals surface area contributed by atoms with Crippen molar-refractivity contribution in [1.82, 2.24) is 15.4 Å². The number of halogens is 1. The van der Waals surface area contributed by atoms with Crippen LogP contribution in [0.2, 0.25) is 0 Å². The first-order chi connectivity index (χ1) is 7.93. The average Bonchev–Trinajstić information content (AvgIpc) is 2.11. The smallest absolute Gasteiger partial charge is 0.321 e. The Morgan fingerprint density at radius 3 is 2.22 bits per heavy atom. The Hall–Kier alpha value is -0.860. The molecule has 0 saturated carbocycles. The summed E-state index contributed by atoms with van der Waals surface area (Å²) in [5, 5.41) is 3.57. The molecule has 0 saturated heterocycles. The highest BCUT2D eigenvalue weighted by atomic mass is 35.5. The summed E-state index contributed by atoms with van der Waals surface area (Å²) in [5.74, 6) is -0.622. The molecule has 0 aromatic carbocycles. The zero-order valence-electron chi connectivity index (χ0n) is 10.7. The lowest BCUT2D eigenvalue weighted by atomic mass is 10.1. The first-order valence-electron chi connectivity index (χ1n) is 5.15. The number of sulfonamides is 1. The van der Waals surface area contributed by atoms with Gasteiger partial charge in [0.05, 0.1) is 6.26 Å². The van der Waals surface area contributed by atoms with Gasteiger partial charge in [-0.2, -0.15) is 0 Å². The Balaban J connectivity index is 4.24. The maximum atomic E-state index is 11.3. The van der Waals surface area contributed by atoms with E-state index in [0.29, 0.717) is 0 Å². The van der Waals surface area contributed by atoms with Gasteiger partial charge in [0.15, 0.2) is 0 Å². The van der Waals surface area contributed by atoms with E-state index >= 15 is 0 Å². The van der Waals surface area contributed by atoms with Gasteiger partial charge in [0.1, 0.15) is 5.38 Å². The molecule has 1 unspecified atom stereocenters. The number of urea groups is 1. The van der Waals surface area contributed by atoms with Crippen molar-refractivity contribution in [3.05, 3.63) is 0 Å². The third-order valence-electron chi connectivity index (χ3n) is 1.75. The molecule has 3 amide bonds. The van der Waals surface area contributed by atoms with E-state index in [0.717, 1.165) is 6.26 Å². The zero-order valence-corrected chi connectivity index (χ0v) is 12.3. The van der Waals surface area contributed by atoms with E-state index in [2.05, 4.69) is 10.0 Å². The lowest BCUT2D eigenvalue weighted by molar-refractivity contribution is -0.119. The third kappa shape index (κ3) is 8.26. The van der Waals surface area contributed by atoms with Crippen molar-refractivity contribution < 1.29 is 18.0 Å². The number of carbonyl (C=O) groups excluding carboxylic acids is 2. The van der Waals surface area contributed by atoms with Crippen LogP contribution in [-0.4, -0.2) is 44.1 Å². The van der Waals surface area contributed by atoms with Crippen LogP contribution >= 0.6 is 11.6 Å². The minimum atomic E-state index is -3.38. The molecule has 9 heteroatoms. The molecule has 1 atom stereocenters. The van der Waals surface area contributed by atoms with Crippen LogP contribution in [0.3, 0.4) is 0 Å². The van der Waals surface area contributed by atoms with E-state index in [1.807, 2.05) is 5.32 Å². The molecule has 0 heterocycles. The Bertz CT molecular complexity index is 420. The molecule has 0 aromatic heterocycles. The van der Waals surface area contributed by atoms with E-state index in [-0.39, 0.29) is 6.54 Å². The third-order valence-corrected chi connectivity index (χ3v) is 2.87. The standard InChI is InChI=1S/C9H18ClN3O4S/c1-6(10)7(14)12-8(15)11-5-9(2,3)13-18(4,16)17/h6,13H,5H2,1-4H3,(H2,11,12,14,15). The predicted octanol–water partition coefficient (Wildman–Crippen LogP) is -0.233. The lowest BCUT2D eigenvalue weighted by Crippen LogP contribution is -2.53. The Kier molecular flexibility index (Phi) is 6.05. The van der Waals surface area contributed by atoms with Gasteiger partial charge in [-0.3, -0.25) is 10.1 Å². The van der Waals surface area contributed by atoms with Crippen molar-refractivity contribution in [1.29, 1.82) is 0 Å². The second-order valence-electron chi connectivity index (χ2n) is 4.55. The van der Waals surface area contributed by atoms with Crippen molar-refractivity contribution in [3.8, 4) is 0 Å². The van der Waals surface area contributed by atoms with Crippen LogP contribution in [0.25, 0.3) is 0 Å². The van der Waals surface area contributed by atoms with Crippen LogP contribution in [0, 0.1) is 0 Å². The van der Waals surface area contributed by atoms with Gasteiger partial charge in [0.25, 0.3) is 0 Å². The van der Waals surface area contributed by atoms with Crippen LogP contribution in [0.4, 0.5) is 4.79 Å². The minimum Gasteiger partial charge on any atom is -0.336 e. The van der Waals surface area contributed by atoms with Gasteiger partial charge in [-0.05, 0) is 20.8 Å². The highest BCUT2D eigenvalue weighted by molar-refractivity contribution is 7.88. The normalized spacial score (nSPS) is 13.8. The molecule has 0 aliphatic rings. The highest BCUT2D eigenvalue weighted by Crippen LogP contribution is 2.01. The van der Waals surface area contributed by atoms with E-state index < -0.39 is 32.9 Å². The maximum Gasteiger partial charge on any atom is 0.321 e. The molecule has 0 aliphatic heterocycles. The van der Waals surface area contributed by atoms with Gasteiger partial charge in [-0.15, -0.1) is 11.6 Å². The van der Waals surface area contributed by atoms with Crippen LogP contribution < -0.4 is 15.4 Å². The average molecular weight is 300 g/mol. The molecule has 0 rings (SSSR count). The number of imide groups is 1. The molecule has 0 spiro atoms. The number of rotatable bonds is 5. The predicted molar refractivity (Wildman–Crippen MR) is 68.9 cm³/mol. The van der Waals surface area contributed by atoms with Crippen LogP contribution in [0.1, 0.15) is 20.8 Å². The number of hydrogen-bond acceptors (Lipinski definition) is 4. The Morgan fingerprint density at radius 1 is 1.33 bits per heavy atom. The van der Waals surface area contributed by atoms with Crippen molar-refractivity contribution in [3.63, 3.8) is 0 Å². The number of amides is 3. The Labute approximate surface area is 112 Å². The van der Waals surface area contributed by atoms with Crippen molar-refractivity contribution >= 4 is 33.6 Å². The van der Waals surface area contributed by atoms with Gasteiger partial charge in [0.2, 0.25) is 15.9 Å². The summed E-state index contributed by atoms with van der Waals surface area (Å²) >= 11 is 5.47. The van der Waals surface area contributed by atoms with E-state index in [9.17, 15) is 18.0 Å². The Morgan fingerprint density at radius 2 is 1.83 bits per heavy atom. The van der Waals surface area contributed by atoms with E-state index in [4.69, 9.17) is 11.6 Å². The van der Waals surface area contributed by atoms with E-state index in [1.165, 1.54) is 6.92 Å². The number of nitrogens with one attached hydrogen (secondary N) is 3. The monoisotopic (exact) mass is 299 g/mol. The SMILES string of the molecule is CC(Cl)C(=O)NC(=O)NCC(C)(C)NS(C)(=O)=O. The van der Waals surface area contributed by atoms with Crippen molar-refractivity contribution in [2.75, 3.05) is 12.8 Å². The van der Waals surface area contributed by atoms with Crippen molar-refractivity contribution in [2.24, 2.45) is 0 Å². The second kappa shape index (κ2) is 6.35. The van der Waals surface area contributed by atoms with Gasteiger partial charge in [-0.25, -0.2) is 17.9 Å². The highest BCUT2D eigenvalue weighted by Gasteiger charge is 2.23. The van der Waals surface area contributed by atoms with E-state index in [1.54, 1.807) is 13.8 Å². The summed E-state index contributed by atoms with van der Waals surface area (Å²) in [4.78, 5) is 22.4. The van der Waals surface area contributed by atoms with Crippen LogP contribution in [0.5, 0.6) is 0 Å². The number of hydrogen-bond donors (Lipinski definition) is 3. The molecule has 0 bridgehead atoms. The van der Waals surface area contributed by atoms with Crippen LogP contribution in [-0.2, 0) is 14.8 Å². The van der Waals surface area contributed by atoms with Gasteiger partial charge in [-0.1, -0.05) is 0 Å².